The van der Waals surface area contributed by atoms with E-state index in [0.29, 0.717) is 23.1 Å². The van der Waals surface area contributed by atoms with Crippen molar-refractivity contribution in [3.63, 3.8) is 0 Å². The van der Waals surface area contributed by atoms with E-state index in [1.165, 1.54) is 24.2 Å². The fourth-order valence-corrected chi connectivity index (χ4v) is 6.02. The van der Waals surface area contributed by atoms with Crippen LogP contribution in [0.15, 0.2) is 53.7 Å². The van der Waals surface area contributed by atoms with Gasteiger partial charge in [0.05, 0.1) is 19.3 Å². The Bertz CT molecular complexity index is 1280. The third kappa shape index (κ3) is 5.71. The molecule has 0 radical (unpaired) electrons. The van der Waals surface area contributed by atoms with Gasteiger partial charge in [-0.15, -0.1) is 0 Å². The fourth-order valence-electron chi connectivity index (χ4n) is 6.02. The van der Waals surface area contributed by atoms with Gasteiger partial charge in [0, 0.05) is 35.1 Å². The molecule has 1 aromatic rings. The zero-order chi connectivity index (χ0) is 29.6. The summed E-state index contributed by atoms with van der Waals surface area (Å²) in [4.78, 5) is 14.7. The first-order chi connectivity index (χ1) is 18.7. The minimum Gasteiger partial charge on any atom is -0.496 e. The zero-order valence-electron chi connectivity index (χ0n) is 23.7. The Morgan fingerprint density at radius 3 is 2.52 bits per heavy atom. The Hall–Kier alpha value is -3.07. The van der Waals surface area contributed by atoms with E-state index in [-0.39, 0.29) is 24.6 Å². The molecular weight excluding hydrogens is 526 g/mol. The number of nitrogens with zero attached hydrogens (tertiary/aromatic N) is 1. The van der Waals surface area contributed by atoms with E-state index in [1.54, 1.807) is 13.0 Å². The van der Waals surface area contributed by atoms with Crippen molar-refractivity contribution in [1.29, 1.82) is 0 Å². The monoisotopic (exact) mass is 563 g/mol. The number of hydrogen-bond donors (Lipinski definition) is 1. The summed E-state index contributed by atoms with van der Waals surface area (Å²) in [5.41, 5.74) is 0.891. The molecule has 9 heteroatoms. The number of carbonyl (C=O) groups is 1. The van der Waals surface area contributed by atoms with Crippen LogP contribution in [0.2, 0.25) is 0 Å². The number of allylic oxidation sites excluding steroid dienone is 4. The highest BCUT2D eigenvalue weighted by molar-refractivity contribution is 5.77. The van der Waals surface area contributed by atoms with E-state index in [9.17, 15) is 27.5 Å². The predicted octanol–water partition coefficient (Wildman–Crippen LogP) is 7.33. The van der Waals surface area contributed by atoms with Crippen molar-refractivity contribution in [3.8, 4) is 5.75 Å². The molecule has 1 aromatic carbocycles. The van der Waals surface area contributed by atoms with Gasteiger partial charge in [-0.3, -0.25) is 0 Å². The highest BCUT2D eigenvalue weighted by atomic mass is 19.4. The summed E-state index contributed by atoms with van der Waals surface area (Å²) in [6.45, 7) is 9.09. The van der Waals surface area contributed by atoms with Crippen molar-refractivity contribution in [1.82, 2.24) is 4.90 Å². The van der Waals surface area contributed by atoms with Crippen LogP contribution in [0.1, 0.15) is 64.5 Å². The van der Waals surface area contributed by atoms with Gasteiger partial charge < -0.3 is 19.5 Å². The number of aliphatic hydroxyl groups is 1. The Labute approximate surface area is 232 Å². The van der Waals surface area contributed by atoms with Crippen molar-refractivity contribution >= 4 is 11.7 Å². The highest BCUT2D eigenvalue weighted by Gasteiger charge is 2.49. The summed E-state index contributed by atoms with van der Waals surface area (Å²) < 4.78 is 67.5. The summed E-state index contributed by atoms with van der Waals surface area (Å²) >= 11 is 0. The summed E-state index contributed by atoms with van der Waals surface area (Å²) in [6.07, 6.45) is 2.00. The third-order valence-electron chi connectivity index (χ3n) is 8.29. The molecule has 0 aromatic heterocycles. The lowest BCUT2D eigenvalue weighted by Gasteiger charge is -2.37. The standard InChI is InChI=1S/C31H37F4NO4/c1-17(2)24-13-25(27(39-6)14-26(24)32)23-10-9-22(31(33,34)35)12-21(23)16-36-18(3)28(40-29(36)38)30(5)11-7-8-20(15-30)19(4)37/h7-10,13-15,17-19,21,28,37H,11-12,16H2,1-6H3/t18-,19?,21?,28-,30?/m0/s1. The molecule has 218 valence electrons. The van der Waals surface area contributed by atoms with Crippen molar-refractivity contribution in [2.45, 2.75) is 77.8 Å². The molecule has 3 unspecified atom stereocenters. The molecule has 2 aliphatic carbocycles. The summed E-state index contributed by atoms with van der Waals surface area (Å²) in [5, 5.41) is 10.1. The number of benzene rings is 1. The number of hydrogen-bond acceptors (Lipinski definition) is 4. The molecule has 0 bridgehead atoms. The van der Waals surface area contributed by atoms with Gasteiger partial charge in [0.2, 0.25) is 0 Å². The number of ether oxygens (including phenoxy) is 2. The number of rotatable bonds is 7. The maximum absolute atomic E-state index is 14.8. The van der Waals surface area contributed by atoms with Crippen LogP contribution in [0.3, 0.4) is 0 Å². The second-order valence-corrected chi connectivity index (χ2v) is 11.6. The topological polar surface area (TPSA) is 59.0 Å². The van der Waals surface area contributed by atoms with E-state index in [4.69, 9.17) is 9.47 Å². The lowest BCUT2D eigenvalue weighted by molar-refractivity contribution is -0.0951. The number of methoxy groups -OCH3 is 1. The molecule has 40 heavy (non-hydrogen) atoms. The lowest BCUT2D eigenvalue weighted by Crippen LogP contribution is -2.44. The van der Waals surface area contributed by atoms with Gasteiger partial charge in [-0.2, -0.15) is 13.2 Å². The van der Waals surface area contributed by atoms with Crippen LogP contribution in [0, 0.1) is 17.2 Å². The van der Waals surface area contributed by atoms with E-state index in [0.717, 1.165) is 11.6 Å². The molecule has 4 rings (SSSR count). The van der Waals surface area contributed by atoms with Crippen molar-refractivity contribution < 1.29 is 36.9 Å². The van der Waals surface area contributed by atoms with Gasteiger partial charge in [-0.05, 0) is 55.4 Å². The molecule has 1 amide bonds. The SMILES string of the molecule is COc1cc(F)c(C(C)C)cc1C1=CC=C(C(F)(F)F)CC1CN1C(=O)O[C@H](C2(C)C=C(C(C)O)C=CC2)[C@@H]1C. The molecule has 5 atom stereocenters. The summed E-state index contributed by atoms with van der Waals surface area (Å²) in [7, 11) is 1.39. The van der Waals surface area contributed by atoms with Gasteiger partial charge in [0.15, 0.2) is 0 Å². The Kier molecular flexibility index (Phi) is 8.28. The first-order valence-corrected chi connectivity index (χ1v) is 13.6. The highest BCUT2D eigenvalue weighted by Crippen LogP contribution is 2.46. The van der Waals surface area contributed by atoms with Gasteiger partial charge in [-0.1, -0.05) is 51.2 Å². The fraction of sp³-hybridized carbons (Fsp3) is 0.516. The smallest absolute Gasteiger partial charge is 0.412 e. The summed E-state index contributed by atoms with van der Waals surface area (Å²) in [6, 6.07) is 2.45. The molecule has 1 aliphatic heterocycles. The summed E-state index contributed by atoms with van der Waals surface area (Å²) in [5.74, 6) is -1.13. The average molecular weight is 564 g/mol. The van der Waals surface area contributed by atoms with Crippen LogP contribution in [-0.2, 0) is 4.74 Å². The van der Waals surface area contributed by atoms with Gasteiger partial charge in [0.1, 0.15) is 17.7 Å². The van der Waals surface area contributed by atoms with Crippen LogP contribution >= 0.6 is 0 Å². The minimum atomic E-state index is -4.53. The number of alkyl halides is 3. The molecule has 1 saturated heterocycles. The van der Waals surface area contributed by atoms with Gasteiger partial charge >= 0.3 is 12.3 Å². The van der Waals surface area contributed by atoms with Crippen LogP contribution in [0.4, 0.5) is 22.4 Å². The molecular formula is C31H37F4NO4. The lowest BCUT2D eigenvalue weighted by atomic mass is 9.73. The van der Waals surface area contributed by atoms with E-state index in [2.05, 4.69) is 0 Å². The molecule has 0 saturated carbocycles. The van der Waals surface area contributed by atoms with Crippen LogP contribution in [-0.4, -0.2) is 54.2 Å². The second-order valence-electron chi connectivity index (χ2n) is 11.6. The van der Waals surface area contributed by atoms with E-state index in [1.807, 2.05) is 45.9 Å². The van der Waals surface area contributed by atoms with Crippen molar-refractivity contribution in [2.75, 3.05) is 13.7 Å². The number of carbonyl (C=O) groups excluding carboxylic acids is 1. The first kappa shape index (κ1) is 29.9. The van der Waals surface area contributed by atoms with Crippen molar-refractivity contribution in [3.05, 3.63) is 70.6 Å². The first-order valence-electron chi connectivity index (χ1n) is 13.6. The number of halogens is 4. The predicted molar refractivity (Wildman–Crippen MR) is 145 cm³/mol. The molecule has 1 fully saturated rings. The molecule has 1 N–H and O–H groups in total. The maximum atomic E-state index is 14.8. The average Bonchev–Trinajstić information content (AvgIpc) is 3.17. The molecule has 5 nitrogen and oxygen atoms in total. The largest absolute Gasteiger partial charge is 0.496 e. The Balaban J connectivity index is 1.70. The zero-order valence-corrected chi connectivity index (χ0v) is 23.7. The normalized spacial score (nSPS) is 27.8. The van der Waals surface area contributed by atoms with Crippen LogP contribution < -0.4 is 4.74 Å². The van der Waals surface area contributed by atoms with Gasteiger partial charge in [-0.25, -0.2) is 9.18 Å². The molecule has 1 heterocycles. The quantitative estimate of drug-likeness (QED) is 0.353. The Morgan fingerprint density at radius 2 is 1.93 bits per heavy atom. The van der Waals surface area contributed by atoms with Crippen LogP contribution in [0.25, 0.3) is 5.57 Å². The van der Waals surface area contributed by atoms with Crippen LogP contribution in [0.5, 0.6) is 5.75 Å². The number of aliphatic hydroxyl groups excluding tert-OH is 1. The third-order valence-corrected chi connectivity index (χ3v) is 8.29. The maximum Gasteiger partial charge on any atom is 0.412 e. The number of amides is 1. The van der Waals surface area contributed by atoms with E-state index >= 15 is 0 Å². The minimum absolute atomic E-state index is 0.0216. The van der Waals surface area contributed by atoms with Gasteiger partial charge in [0.25, 0.3) is 0 Å². The molecule has 3 aliphatic rings. The van der Waals surface area contributed by atoms with E-state index < -0.39 is 53.2 Å². The van der Waals surface area contributed by atoms with Crippen molar-refractivity contribution in [2.24, 2.45) is 11.3 Å². The second kappa shape index (κ2) is 11.1. The number of cyclic esters (lactones) is 1. The molecule has 0 spiro atoms. The Morgan fingerprint density at radius 1 is 1.23 bits per heavy atom.